The second-order valence-corrected chi connectivity index (χ2v) is 4.10. The van der Waals surface area contributed by atoms with Crippen LogP contribution < -0.4 is 5.32 Å². The first-order valence-electron chi connectivity index (χ1n) is 6.06. The fourth-order valence-electron chi connectivity index (χ4n) is 1.83. The van der Waals surface area contributed by atoms with Crippen LogP contribution in [0.5, 0.6) is 0 Å². The van der Waals surface area contributed by atoms with E-state index in [1.54, 1.807) is 24.5 Å². The number of hydrogen-bond donors (Lipinski definition) is 1. The summed E-state index contributed by atoms with van der Waals surface area (Å²) in [5.41, 5.74) is 1.96. The third kappa shape index (κ3) is 3.63. The Bertz CT molecular complexity index is 514. The maximum atomic E-state index is 11.8. The largest absolute Gasteiger partial charge is 0.468 e. The zero-order valence-electron chi connectivity index (χ0n) is 10.7. The lowest BCUT2D eigenvalue weighted by atomic mass is 10.1. The number of hydrogen-bond acceptors (Lipinski definition) is 4. The van der Waals surface area contributed by atoms with Crippen molar-refractivity contribution in [1.29, 1.82) is 0 Å². The number of benzene rings is 1. The number of nitrogens with one attached hydrogen (secondary N) is 1. The van der Waals surface area contributed by atoms with Crippen molar-refractivity contribution < 1.29 is 9.53 Å². The summed E-state index contributed by atoms with van der Waals surface area (Å²) in [7, 11) is 1.39. The maximum Gasteiger partial charge on any atom is 0.327 e. The summed E-state index contributed by atoms with van der Waals surface area (Å²) in [6.07, 6.45) is 3.32. The summed E-state index contributed by atoms with van der Waals surface area (Å²) in [5, 5.41) is 3.20. The van der Waals surface area contributed by atoms with Gasteiger partial charge in [-0.3, -0.25) is 10.3 Å². The van der Waals surface area contributed by atoms with Gasteiger partial charge < -0.3 is 4.74 Å². The minimum atomic E-state index is -0.479. The molecule has 0 spiro atoms. The quantitative estimate of drug-likeness (QED) is 0.832. The lowest BCUT2D eigenvalue weighted by Gasteiger charge is -2.16. The first kappa shape index (κ1) is 13.2. The molecule has 1 heterocycles. The lowest BCUT2D eigenvalue weighted by Crippen LogP contribution is -2.29. The highest BCUT2D eigenvalue weighted by atomic mass is 16.5. The number of nitrogens with zero attached hydrogens (tertiary/aromatic N) is 1. The van der Waals surface area contributed by atoms with E-state index in [0.29, 0.717) is 6.54 Å². The van der Waals surface area contributed by atoms with Gasteiger partial charge in [0.2, 0.25) is 0 Å². The normalized spacial score (nSPS) is 11.8. The highest BCUT2D eigenvalue weighted by Crippen LogP contribution is 2.14. The Kier molecular flexibility index (Phi) is 4.64. The van der Waals surface area contributed by atoms with Gasteiger partial charge in [-0.25, -0.2) is 4.79 Å². The van der Waals surface area contributed by atoms with Crippen LogP contribution in [0, 0.1) is 0 Å². The number of aromatic nitrogens is 1. The lowest BCUT2D eigenvalue weighted by molar-refractivity contribution is -0.143. The molecule has 0 fully saturated rings. The zero-order chi connectivity index (χ0) is 13.5. The molecule has 1 atom stereocenters. The van der Waals surface area contributed by atoms with E-state index in [1.165, 1.54) is 7.11 Å². The van der Waals surface area contributed by atoms with Crippen molar-refractivity contribution in [2.75, 3.05) is 7.11 Å². The van der Waals surface area contributed by atoms with Gasteiger partial charge in [0.15, 0.2) is 0 Å². The summed E-state index contributed by atoms with van der Waals surface area (Å²) in [6, 6.07) is 13.0. The van der Waals surface area contributed by atoms with Crippen LogP contribution in [-0.4, -0.2) is 18.1 Å². The Morgan fingerprint density at radius 3 is 2.53 bits per heavy atom. The van der Waals surface area contributed by atoms with Gasteiger partial charge in [-0.2, -0.15) is 0 Å². The van der Waals surface area contributed by atoms with Gasteiger partial charge in [-0.15, -0.1) is 0 Å². The van der Waals surface area contributed by atoms with Crippen LogP contribution in [0.3, 0.4) is 0 Å². The number of carbonyl (C=O) groups excluding carboxylic acids is 1. The molecule has 4 nitrogen and oxygen atoms in total. The van der Waals surface area contributed by atoms with Crippen molar-refractivity contribution in [2.24, 2.45) is 0 Å². The maximum absolute atomic E-state index is 11.8. The molecule has 1 aromatic carbocycles. The van der Waals surface area contributed by atoms with Crippen LogP contribution in [0.15, 0.2) is 54.9 Å². The number of ether oxygens (including phenoxy) is 1. The van der Waals surface area contributed by atoms with Crippen LogP contribution in [0.1, 0.15) is 17.2 Å². The Morgan fingerprint density at radius 1 is 1.21 bits per heavy atom. The predicted molar refractivity (Wildman–Crippen MR) is 72.3 cm³/mol. The van der Waals surface area contributed by atoms with Crippen molar-refractivity contribution in [2.45, 2.75) is 12.6 Å². The zero-order valence-corrected chi connectivity index (χ0v) is 10.7. The Balaban J connectivity index is 2.09. The summed E-state index contributed by atoms with van der Waals surface area (Å²) >= 11 is 0. The Hall–Kier alpha value is -2.20. The molecule has 4 heteroatoms. The summed E-state index contributed by atoms with van der Waals surface area (Å²) in [5.74, 6) is -0.304. The van der Waals surface area contributed by atoms with E-state index in [1.807, 2.05) is 30.3 Å². The molecule has 0 aliphatic rings. The van der Waals surface area contributed by atoms with Gasteiger partial charge in [0.05, 0.1) is 7.11 Å². The molecule has 19 heavy (non-hydrogen) atoms. The molecule has 1 N–H and O–H groups in total. The average molecular weight is 256 g/mol. The van der Waals surface area contributed by atoms with E-state index in [9.17, 15) is 4.79 Å². The number of carbonyl (C=O) groups is 1. The van der Waals surface area contributed by atoms with Gasteiger partial charge in [0.25, 0.3) is 0 Å². The fourth-order valence-corrected chi connectivity index (χ4v) is 1.83. The second-order valence-electron chi connectivity index (χ2n) is 4.10. The van der Waals surface area contributed by atoms with Crippen molar-refractivity contribution in [3.8, 4) is 0 Å². The van der Waals surface area contributed by atoms with E-state index >= 15 is 0 Å². The van der Waals surface area contributed by atoms with Crippen LogP contribution in [0.25, 0.3) is 0 Å². The van der Waals surface area contributed by atoms with Gasteiger partial charge in [-0.1, -0.05) is 30.3 Å². The number of pyridine rings is 1. The molecule has 0 bridgehead atoms. The van der Waals surface area contributed by atoms with E-state index in [2.05, 4.69) is 10.3 Å². The van der Waals surface area contributed by atoms with Crippen LogP contribution in [0.4, 0.5) is 0 Å². The van der Waals surface area contributed by atoms with Crippen LogP contribution in [-0.2, 0) is 16.1 Å². The molecule has 0 radical (unpaired) electrons. The summed E-state index contributed by atoms with van der Waals surface area (Å²) < 4.78 is 4.83. The molecule has 2 aromatic rings. The van der Waals surface area contributed by atoms with Crippen molar-refractivity contribution >= 4 is 5.97 Å². The molecular formula is C15H16N2O2. The highest BCUT2D eigenvalue weighted by molar-refractivity contribution is 5.77. The predicted octanol–water partition coefficient (Wildman–Crippen LogP) is 2.09. The van der Waals surface area contributed by atoms with Crippen molar-refractivity contribution in [3.63, 3.8) is 0 Å². The second kappa shape index (κ2) is 6.66. The van der Waals surface area contributed by atoms with Crippen LogP contribution in [0.2, 0.25) is 0 Å². The minimum absolute atomic E-state index is 0.304. The van der Waals surface area contributed by atoms with Crippen LogP contribution >= 0.6 is 0 Å². The molecule has 1 aromatic heterocycles. The number of rotatable bonds is 5. The third-order valence-electron chi connectivity index (χ3n) is 2.83. The minimum Gasteiger partial charge on any atom is -0.468 e. The molecule has 0 aliphatic heterocycles. The first-order valence-corrected chi connectivity index (χ1v) is 6.06. The SMILES string of the molecule is COC(=O)[C@@H](NCc1ccccc1)c1ccncc1. The standard InChI is InChI=1S/C15H16N2O2/c1-19-15(18)14(13-7-9-16-10-8-13)17-11-12-5-3-2-4-6-12/h2-10,14,17H,11H2,1H3/t14-/m0/s1. The number of methoxy groups -OCH3 is 1. The average Bonchev–Trinajstić information content (AvgIpc) is 2.49. The summed E-state index contributed by atoms with van der Waals surface area (Å²) in [4.78, 5) is 15.8. The third-order valence-corrected chi connectivity index (χ3v) is 2.83. The Labute approximate surface area is 112 Å². The number of esters is 1. The molecular weight excluding hydrogens is 240 g/mol. The van der Waals surface area contributed by atoms with E-state index in [4.69, 9.17) is 4.74 Å². The molecule has 0 unspecified atom stereocenters. The van der Waals surface area contributed by atoms with Gasteiger partial charge >= 0.3 is 5.97 Å². The van der Waals surface area contributed by atoms with Gasteiger partial charge in [0, 0.05) is 18.9 Å². The van der Waals surface area contributed by atoms with Crippen molar-refractivity contribution in [3.05, 3.63) is 66.0 Å². The first-order chi connectivity index (χ1) is 9.31. The molecule has 0 aliphatic carbocycles. The van der Waals surface area contributed by atoms with E-state index in [0.717, 1.165) is 11.1 Å². The molecule has 0 saturated heterocycles. The molecule has 2 rings (SSSR count). The summed E-state index contributed by atoms with van der Waals surface area (Å²) in [6.45, 7) is 0.600. The highest BCUT2D eigenvalue weighted by Gasteiger charge is 2.20. The molecule has 98 valence electrons. The van der Waals surface area contributed by atoms with Crippen molar-refractivity contribution in [1.82, 2.24) is 10.3 Å². The smallest absolute Gasteiger partial charge is 0.327 e. The fraction of sp³-hybridized carbons (Fsp3) is 0.200. The van der Waals surface area contributed by atoms with Gasteiger partial charge in [-0.05, 0) is 23.3 Å². The monoisotopic (exact) mass is 256 g/mol. The molecule has 0 amide bonds. The Morgan fingerprint density at radius 2 is 1.89 bits per heavy atom. The van der Waals surface area contributed by atoms with E-state index in [-0.39, 0.29) is 5.97 Å². The topological polar surface area (TPSA) is 51.2 Å². The van der Waals surface area contributed by atoms with E-state index < -0.39 is 6.04 Å². The molecule has 0 saturated carbocycles. The van der Waals surface area contributed by atoms with Gasteiger partial charge in [0.1, 0.15) is 6.04 Å².